The Morgan fingerprint density at radius 1 is 1.55 bits per heavy atom. The van der Waals surface area contributed by atoms with E-state index in [1.807, 2.05) is 0 Å². The maximum absolute atomic E-state index is 12.6. The van der Waals surface area contributed by atoms with Gasteiger partial charge in [0.15, 0.2) is 0 Å². The fourth-order valence-corrected chi connectivity index (χ4v) is 4.32. The van der Waals surface area contributed by atoms with Crippen molar-refractivity contribution in [2.24, 2.45) is 0 Å². The largest absolute Gasteiger partial charge is 0.465 e. The Hall–Kier alpha value is -0.990. The van der Waals surface area contributed by atoms with Gasteiger partial charge < -0.3 is 4.74 Å². The van der Waals surface area contributed by atoms with E-state index in [4.69, 9.17) is 4.74 Å². The summed E-state index contributed by atoms with van der Waals surface area (Å²) in [5.74, 6) is -0.489. The first kappa shape index (κ1) is 15.4. The van der Waals surface area contributed by atoms with Gasteiger partial charge in [0.05, 0.1) is 6.61 Å². The third kappa shape index (κ3) is 3.02. The average Bonchev–Trinajstić information content (AvgIpc) is 2.89. The van der Waals surface area contributed by atoms with Gasteiger partial charge in [-0.15, -0.1) is 0 Å². The minimum Gasteiger partial charge on any atom is -0.465 e. The zero-order valence-electron chi connectivity index (χ0n) is 11.0. The number of aromatic nitrogens is 1. The highest BCUT2D eigenvalue weighted by molar-refractivity contribution is 9.10. The van der Waals surface area contributed by atoms with Crippen molar-refractivity contribution in [1.29, 1.82) is 0 Å². The van der Waals surface area contributed by atoms with Crippen molar-refractivity contribution in [3.63, 3.8) is 0 Å². The van der Waals surface area contributed by atoms with Crippen molar-refractivity contribution in [3.8, 4) is 0 Å². The van der Waals surface area contributed by atoms with Crippen LogP contribution in [0.3, 0.4) is 0 Å². The van der Waals surface area contributed by atoms with E-state index >= 15 is 0 Å². The van der Waals surface area contributed by atoms with E-state index in [9.17, 15) is 13.2 Å². The molecule has 0 aliphatic carbocycles. The van der Waals surface area contributed by atoms with E-state index in [2.05, 4.69) is 20.9 Å². The number of esters is 1. The molecule has 1 aromatic rings. The summed E-state index contributed by atoms with van der Waals surface area (Å²) in [4.78, 5) is 15.8. The first-order chi connectivity index (χ1) is 9.46. The molecule has 1 fully saturated rings. The number of nitrogens with zero attached hydrogens (tertiary/aromatic N) is 2. The number of pyridine rings is 1. The van der Waals surface area contributed by atoms with Gasteiger partial charge >= 0.3 is 5.97 Å². The van der Waals surface area contributed by atoms with Gasteiger partial charge in [-0.1, -0.05) is 0 Å². The van der Waals surface area contributed by atoms with Gasteiger partial charge in [-0.3, -0.25) is 9.78 Å². The van der Waals surface area contributed by atoms with E-state index in [-0.39, 0.29) is 11.5 Å². The molecule has 20 heavy (non-hydrogen) atoms. The minimum atomic E-state index is -3.73. The predicted octanol–water partition coefficient (Wildman–Crippen LogP) is 1.56. The Kier molecular flexibility index (Phi) is 4.77. The third-order valence-corrected chi connectivity index (χ3v) is 5.36. The zero-order chi connectivity index (χ0) is 14.8. The molecule has 1 unspecified atom stereocenters. The Bertz CT molecular complexity index is 605. The number of hydrogen-bond donors (Lipinski definition) is 0. The Labute approximate surface area is 126 Å². The molecule has 0 aromatic carbocycles. The van der Waals surface area contributed by atoms with Crippen LogP contribution < -0.4 is 0 Å². The molecule has 0 saturated carbocycles. The molecular formula is C12H15BrN2O4S. The van der Waals surface area contributed by atoms with E-state index in [0.29, 0.717) is 23.9 Å². The second-order valence-corrected chi connectivity index (χ2v) is 7.17. The molecule has 1 saturated heterocycles. The monoisotopic (exact) mass is 362 g/mol. The van der Waals surface area contributed by atoms with Crippen molar-refractivity contribution >= 4 is 31.9 Å². The number of sulfonamides is 1. The highest BCUT2D eigenvalue weighted by Crippen LogP contribution is 2.27. The summed E-state index contributed by atoms with van der Waals surface area (Å²) < 4.78 is 31.8. The number of carbonyl (C=O) groups excluding carboxylic acids is 1. The molecule has 8 heteroatoms. The SMILES string of the molecule is CCOC(=O)C1CCCN1S(=O)(=O)c1cncc(Br)c1. The van der Waals surface area contributed by atoms with Crippen LogP contribution in [-0.4, -0.2) is 42.9 Å². The molecule has 1 aromatic heterocycles. The van der Waals surface area contributed by atoms with E-state index in [1.165, 1.54) is 22.8 Å². The molecule has 110 valence electrons. The Balaban J connectivity index is 2.31. The molecule has 0 spiro atoms. The Morgan fingerprint density at radius 3 is 2.95 bits per heavy atom. The maximum Gasteiger partial charge on any atom is 0.324 e. The summed E-state index contributed by atoms with van der Waals surface area (Å²) in [6, 6.07) is 0.738. The lowest BCUT2D eigenvalue weighted by atomic mass is 10.2. The first-order valence-electron chi connectivity index (χ1n) is 6.26. The zero-order valence-corrected chi connectivity index (χ0v) is 13.4. The fraction of sp³-hybridized carbons (Fsp3) is 0.500. The highest BCUT2D eigenvalue weighted by Gasteiger charge is 2.40. The molecule has 0 radical (unpaired) electrons. The summed E-state index contributed by atoms with van der Waals surface area (Å²) in [5, 5.41) is 0. The summed E-state index contributed by atoms with van der Waals surface area (Å²) in [6.07, 6.45) is 3.91. The molecule has 0 N–H and O–H groups in total. The predicted molar refractivity (Wildman–Crippen MR) is 75.5 cm³/mol. The number of rotatable bonds is 4. The van der Waals surface area contributed by atoms with E-state index in [0.717, 1.165) is 0 Å². The third-order valence-electron chi connectivity index (χ3n) is 3.05. The summed E-state index contributed by atoms with van der Waals surface area (Å²) in [7, 11) is -3.73. The molecule has 2 heterocycles. The molecule has 2 rings (SSSR count). The van der Waals surface area contributed by atoms with Crippen LogP contribution in [0.25, 0.3) is 0 Å². The highest BCUT2D eigenvalue weighted by atomic mass is 79.9. The molecular weight excluding hydrogens is 348 g/mol. The van der Waals surface area contributed by atoms with E-state index < -0.39 is 22.0 Å². The van der Waals surface area contributed by atoms with Gasteiger partial charge in [-0.05, 0) is 41.8 Å². The van der Waals surface area contributed by atoms with Gasteiger partial charge in [0.2, 0.25) is 10.0 Å². The van der Waals surface area contributed by atoms with Crippen LogP contribution >= 0.6 is 15.9 Å². The smallest absolute Gasteiger partial charge is 0.324 e. The average molecular weight is 363 g/mol. The van der Waals surface area contributed by atoms with Crippen LogP contribution in [0.2, 0.25) is 0 Å². The van der Waals surface area contributed by atoms with Gasteiger partial charge in [0.1, 0.15) is 10.9 Å². The molecule has 1 aliphatic rings. The lowest BCUT2D eigenvalue weighted by Crippen LogP contribution is -2.41. The second kappa shape index (κ2) is 6.19. The first-order valence-corrected chi connectivity index (χ1v) is 8.49. The quantitative estimate of drug-likeness (QED) is 0.759. The van der Waals surface area contributed by atoms with Crippen LogP contribution in [0.4, 0.5) is 0 Å². The lowest BCUT2D eigenvalue weighted by molar-refractivity contribution is -0.146. The van der Waals surface area contributed by atoms with Crippen molar-refractivity contribution < 1.29 is 17.9 Å². The molecule has 1 aliphatic heterocycles. The Morgan fingerprint density at radius 2 is 2.30 bits per heavy atom. The molecule has 0 amide bonds. The summed E-state index contributed by atoms with van der Waals surface area (Å²) in [5.41, 5.74) is 0. The number of carbonyl (C=O) groups is 1. The fourth-order valence-electron chi connectivity index (χ4n) is 2.17. The van der Waals surface area contributed by atoms with Crippen molar-refractivity contribution in [2.75, 3.05) is 13.2 Å². The van der Waals surface area contributed by atoms with Crippen LogP contribution in [0, 0.1) is 0 Å². The van der Waals surface area contributed by atoms with Crippen LogP contribution in [0.15, 0.2) is 27.8 Å². The maximum atomic E-state index is 12.6. The lowest BCUT2D eigenvalue weighted by Gasteiger charge is -2.22. The van der Waals surface area contributed by atoms with Gasteiger partial charge in [-0.2, -0.15) is 4.31 Å². The number of halogens is 1. The van der Waals surface area contributed by atoms with Crippen LogP contribution in [0.5, 0.6) is 0 Å². The topological polar surface area (TPSA) is 76.6 Å². The van der Waals surface area contributed by atoms with E-state index in [1.54, 1.807) is 6.92 Å². The summed E-state index contributed by atoms with van der Waals surface area (Å²) >= 11 is 3.20. The number of hydrogen-bond acceptors (Lipinski definition) is 5. The van der Waals surface area contributed by atoms with Crippen molar-refractivity contribution in [2.45, 2.75) is 30.7 Å². The molecule has 0 bridgehead atoms. The molecule has 6 nitrogen and oxygen atoms in total. The van der Waals surface area contributed by atoms with Gasteiger partial charge in [0.25, 0.3) is 0 Å². The second-order valence-electron chi connectivity index (χ2n) is 4.36. The van der Waals surface area contributed by atoms with Crippen LogP contribution in [0.1, 0.15) is 19.8 Å². The standard InChI is InChI=1S/C12H15BrN2O4S/c1-2-19-12(16)11-4-3-5-15(11)20(17,18)10-6-9(13)7-14-8-10/h6-8,11H,2-5H2,1H3. The van der Waals surface area contributed by atoms with Crippen molar-refractivity contribution in [3.05, 3.63) is 22.9 Å². The van der Waals surface area contributed by atoms with Gasteiger partial charge in [0, 0.05) is 23.4 Å². The summed E-state index contributed by atoms with van der Waals surface area (Å²) in [6.45, 7) is 2.25. The van der Waals surface area contributed by atoms with Gasteiger partial charge in [-0.25, -0.2) is 8.42 Å². The van der Waals surface area contributed by atoms with Crippen molar-refractivity contribution in [1.82, 2.24) is 9.29 Å². The normalized spacial score (nSPS) is 20.0. The number of ether oxygens (including phenoxy) is 1. The minimum absolute atomic E-state index is 0.0723. The van der Waals surface area contributed by atoms with Crippen LogP contribution in [-0.2, 0) is 19.6 Å². The molecule has 1 atom stereocenters.